The van der Waals surface area contributed by atoms with Gasteiger partial charge in [0, 0.05) is 10.9 Å². The molecule has 0 saturated heterocycles. The number of nitrogens with zero attached hydrogens (tertiary/aromatic N) is 2. The van der Waals surface area contributed by atoms with Crippen LogP contribution in [0.2, 0.25) is 0 Å². The van der Waals surface area contributed by atoms with E-state index in [4.69, 9.17) is 9.97 Å². The van der Waals surface area contributed by atoms with Crippen LogP contribution in [0.5, 0.6) is 0 Å². The van der Waals surface area contributed by atoms with Gasteiger partial charge in [-0.05, 0) is 58.1 Å². The van der Waals surface area contributed by atoms with E-state index in [2.05, 4.69) is 109 Å². The molecule has 0 aliphatic heterocycles. The second-order valence-electron chi connectivity index (χ2n) is 8.33. The van der Waals surface area contributed by atoms with Gasteiger partial charge in [-0.25, -0.2) is 9.97 Å². The van der Waals surface area contributed by atoms with Crippen molar-refractivity contribution >= 4 is 21.7 Å². The molecule has 6 aromatic rings. The molecule has 156 valence electrons. The molecule has 6 rings (SSSR count). The highest BCUT2D eigenvalue weighted by molar-refractivity contribution is 6.01. The van der Waals surface area contributed by atoms with Gasteiger partial charge in [-0.15, -0.1) is 0 Å². The third-order valence-corrected chi connectivity index (χ3v) is 6.14. The van der Waals surface area contributed by atoms with E-state index in [0.717, 1.165) is 28.0 Å². The summed E-state index contributed by atoms with van der Waals surface area (Å²) in [5.74, 6) is 0.776. The standard InChI is InChI=1S/C31H22N2/c1-21-32-30-20-28(26-17-16-22-10-8-9-15-25(22)18-26)27(23-11-4-2-5-12-23)19-29(30)31(33-21)24-13-6-3-7-14-24/h2-20H,1H3. The van der Waals surface area contributed by atoms with Crippen molar-refractivity contribution in [1.29, 1.82) is 0 Å². The van der Waals surface area contributed by atoms with Crippen LogP contribution in [-0.4, -0.2) is 9.97 Å². The van der Waals surface area contributed by atoms with Crippen LogP contribution >= 0.6 is 0 Å². The fourth-order valence-electron chi connectivity index (χ4n) is 4.56. The molecule has 0 fully saturated rings. The molecule has 0 amide bonds. The summed E-state index contributed by atoms with van der Waals surface area (Å²) in [4.78, 5) is 9.67. The molecular weight excluding hydrogens is 400 g/mol. The Morgan fingerprint density at radius 3 is 1.88 bits per heavy atom. The van der Waals surface area contributed by atoms with Crippen molar-refractivity contribution < 1.29 is 0 Å². The van der Waals surface area contributed by atoms with E-state index < -0.39 is 0 Å². The molecule has 2 nitrogen and oxygen atoms in total. The normalized spacial score (nSPS) is 11.2. The van der Waals surface area contributed by atoms with Gasteiger partial charge in [0.2, 0.25) is 0 Å². The van der Waals surface area contributed by atoms with Gasteiger partial charge in [-0.3, -0.25) is 0 Å². The number of benzene rings is 5. The van der Waals surface area contributed by atoms with Crippen molar-refractivity contribution in [2.75, 3.05) is 0 Å². The number of rotatable bonds is 3. The van der Waals surface area contributed by atoms with E-state index in [1.165, 1.54) is 33.0 Å². The minimum atomic E-state index is 0.776. The van der Waals surface area contributed by atoms with Crippen molar-refractivity contribution in [2.24, 2.45) is 0 Å². The van der Waals surface area contributed by atoms with Gasteiger partial charge in [0.1, 0.15) is 5.82 Å². The summed E-state index contributed by atoms with van der Waals surface area (Å²) in [5.41, 5.74) is 7.77. The van der Waals surface area contributed by atoms with Crippen LogP contribution in [0.25, 0.3) is 55.2 Å². The van der Waals surface area contributed by atoms with E-state index >= 15 is 0 Å². The Balaban J connectivity index is 1.68. The quantitative estimate of drug-likeness (QED) is 0.288. The van der Waals surface area contributed by atoms with Gasteiger partial charge in [0.25, 0.3) is 0 Å². The topological polar surface area (TPSA) is 25.8 Å². The molecule has 5 aromatic carbocycles. The van der Waals surface area contributed by atoms with E-state index in [0.29, 0.717) is 0 Å². The van der Waals surface area contributed by atoms with Crippen LogP contribution < -0.4 is 0 Å². The summed E-state index contributed by atoms with van der Waals surface area (Å²) in [6.45, 7) is 1.96. The van der Waals surface area contributed by atoms with Crippen molar-refractivity contribution in [3.63, 3.8) is 0 Å². The average Bonchev–Trinajstić information content (AvgIpc) is 2.88. The first-order chi connectivity index (χ1) is 16.3. The van der Waals surface area contributed by atoms with Gasteiger partial charge in [0.15, 0.2) is 0 Å². The first-order valence-corrected chi connectivity index (χ1v) is 11.2. The third kappa shape index (κ3) is 3.56. The lowest BCUT2D eigenvalue weighted by molar-refractivity contribution is 1.10. The van der Waals surface area contributed by atoms with Gasteiger partial charge >= 0.3 is 0 Å². The Morgan fingerprint density at radius 2 is 1.12 bits per heavy atom. The fraction of sp³-hybridized carbons (Fsp3) is 0.0323. The summed E-state index contributed by atoms with van der Waals surface area (Å²) >= 11 is 0. The van der Waals surface area contributed by atoms with Gasteiger partial charge in [0.05, 0.1) is 11.2 Å². The van der Waals surface area contributed by atoms with Crippen LogP contribution in [0.1, 0.15) is 5.82 Å². The molecule has 1 heterocycles. The van der Waals surface area contributed by atoms with Crippen LogP contribution in [0.4, 0.5) is 0 Å². The highest BCUT2D eigenvalue weighted by atomic mass is 14.9. The molecule has 1 aromatic heterocycles. The summed E-state index contributed by atoms with van der Waals surface area (Å²) in [6, 6.07) is 40.6. The zero-order valence-electron chi connectivity index (χ0n) is 18.4. The molecule has 33 heavy (non-hydrogen) atoms. The van der Waals surface area contributed by atoms with Crippen LogP contribution in [-0.2, 0) is 0 Å². The van der Waals surface area contributed by atoms with Crippen LogP contribution in [0.3, 0.4) is 0 Å². The predicted molar refractivity (Wildman–Crippen MR) is 138 cm³/mol. The predicted octanol–water partition coefficient (Wildman–Crippen LogP) is 8.09. The van der Waals surface area contributed by atoms with Gasteiger partial charge < -0.3 is 0 Å². The Hall–Kier alpha value is -4.30. The van der Waals surface area contributed by atoms with Crippen molar-refractivity contribution in [2.45, 2.75) is 6.92 Å². The molecule has 0 radical (unpaired) electrons. The zero-order valence-corrected chi connectivity index (χ0v) is 18.4. The van der Waals surface area contributed by atoms with Crippen molar-refractivity contribution in [1.82, 2.24) is 9.97 Å². The van der Waals surface area contributed by atoms with E-state index in [1.807, 2.05) is 13.0 Å². The minimum Gasteiger partial charge on any atom is -0.233 e. The van der Waals surface area contributed by atoms with E-state index in [1.54, 1.807) is 0 Å². The van der Waals surface area contributed by atoms with E-state index in [9.17, 15) is 0 Å². The Kier molecular flexibility index (Phi) is 4.70. The van der Waals surface area contributed by atoms with Crippen molar-refractivity contribution in [3.8, 4) is 33.5 Å². The number of hydrogen-bond donors (Lipinski definition) is 0. The molecule has 0 aliphatic rings. The number of aryl methyl sites for hydroxylation is 1. The molecule has 0 aliphatic carbocycles. The molecule has 0 bridgehead atoms. The van der Waals surface area contributed by atoms with Crippen LogP contribution in [0, 0.1) is 6.92 Å². The molecule has 0 saturated carbocycles. The lowest BCUT2D eigenvalue weighted by Gasteiger charge is -2.15. The first-order valence-electron chi connectivity index (χ1n) is 11.2. The summed E-state index contributed by atoms with van der Waals surface area (Å²) in [7, 11) is 0. The highest BCUT2D eigenvalue weighted by Crippen LogP contribution is 2.38. The Labute approximate surface area is 193 Å². The average molecular weight is 423 g/mol. The first kappa shape index (κ1) is 19.4. The summed E-state index contributed by atoms with van der Waals surface area (Å²) in [6.07, 6.45) is 0. The SMILES string of the molecule is Cc1nc(-c2ccccc2)c2cc(-c3ccccc3)c(-c3ccc4ccccc4c3)cc2n1. The van der Waals surface area contributed by atoms with Crippen LogP contribution in [0.15, 0.2) is 115 Å². The monoisotopic (exact) mass is 422 g/mol. The van der Waals surface area contributed by atoms with Gasteiger partial charge in [-0.1, -0.05) is 97.1 Å². The maximum atomic E-state index is 4.84. The smallest absolute Gasteiger partial charge is 0.126 e. The second-order valence-corrected chi connectivity index (χ2v) is 8.33. The molecular formula is C31H22N2. The maximum absolute atomic E-state index is 4.84. The molecule has 0 N–H and O–H groups in total. The minimum absolute atomic E-state index is 0.776. The molecule has 0 spiro atoms. The summed E-state index contributed by atoms with van der Waals surface area (Å²) in [5, 5.41) is 3.54. The van der Waals surface area contributed by atoms with Crippen molar-refractivity contribution in [3.05, 3.63) is 121 Å². The van der Waals surface area contributed by atoms with E-state index in [-0.39, 0.29) is 0 Å². The largest absolute Gasteiger partial charge is 0.233 e. The second kappa shape index (κ2) is 7.99. The lowest BCUT2D eigenvalue weighted by atomic mass is 9.91. The number of aromatic nitrogens is 2. The Morgan fingerprint density at radius 1 is 0.485 bits per heavy atom. The zero-order chi connectivity index (χ0) is 22.2. The summed E-state index contributed by atoms with van der Waals surface area (Å²) < 4.78 is 0. The third-order valence-electron chi connectivity index (χ3n) is 6.14. The fourth-order valence-corrected chi connectivity index (χ4v) is 4.56. The maximum Gasteiger partial charge on any atom is 0.126 e. The molecule has 0 atom stereocenters. The molecule has 2 heteroatoms. The Bertz CT molecular complexity index is 1600. The number of fused-ring (bicyclic) bond motifs is 2. The number of hydrogen-bond acceptors (Lipinski definition) is 2. The highest BCUT2D eigenvalue weighted by Gasteiger charge is 2.15. The molecule has 0 unspecified atom stereocenters. The lowest BCUT2D eigenvalue weighted by Crippen LogP contribution is -1.96. The van der Waals surface area contributed by atoms with Gasteiger partial charge in [-0.2, -0.15) is 0 Å².